The standard InChI is InChI=1S/C16H23NO3S/c1-11-5-3-4-6-12(11)9-20-15(19)13-10-21-16(2)8-7-14(18)17(13)16/h3-4,11-13H,5-10H2,1-2H3/t11-,12-,13-,16-/m1/s1. The lowest BCUT2D eigenvalue weighted by molar-refractivity contribution is -0.155. The molecule has 0 aromatic carbocycles. The van der Waals surface area contributed by atoms with Gasteiger partial charge in [0.15, 0.2) is 0 Å². The van der Waals surface area contributed by atoms with Gasteiger partial charge in [-0.25, -0.2) is 4.79 Å². The van der Waals surface area contributed by atoms with Gasteiger partial charge in [0.25, 0.3) is 0 Å². The first-order valence-corrected chi connectivity index (χ1v) is 8.77. The summed E-state index contributed by atoms with van der Waals surface area (Å²) in [5.41, 5.74) is 0. The van der Waals surface area contributed by atoms with Gasteiger partial charge in [-0.3, -0.25) is 4.79 Å². The summed E-state index contributed by atoms with van der Waals surface area (Å²) >= 11 is 1.71. The van der Waals surface area contributed by atoms with Crippen LogP contribution in [0.5, 0.6) is 0 Å². The molecule has 5 heteroatoms. The molecular weight excluding hydrogens is 286 g/mol. The summed E-state index contributed by atoms with van der Waals surface area (Å²) in [4.78, 5) is 26.0. The van der Waals surface area contributed by atoms with E-state index in [-0.39, 0.29) is 22.8 Å². The van der Waals surface area contributed by atoms with E-state index in [0.29, 0.717) is 30.6 Å². The minimum atomic E-state index is -0.385. The molecule has 2 heterocycles. The van der Waals surface area contributed by atoms with Crippen LogP contribution >= 0.6 is 11.8 Å². The van der Waals surface area contributed by atoms with Crippen molar-refractivity contribution in [3.63, 3.8) is 0 Å². The van der Waals surface area contributed by atoms with E-state index in [1.165, 1.54) is 0 Å². The number of nitrogens with zero attached hydrogens (tertiary/aromatic N) is 1. The number of rotatable bonds is 3. The van der Waals surface area contributed by atoms with Gasteiger partial charge in [-0.15, -0.1) is 11.8 Å². The molecule has 0 N–H and O–H groups in total. The summed E-state index contributed by atoms with van der Waals surface area (Å²) in [6, 6.07) is -0.385. The lowest BCUT2D eigenvalue weighted by atomic mass is 9.85. The Balaban J connectivity index is 1.59. The Morgan fingerprint density at radius 3 is 3.00 bits per heavy atom. The molecule has 2 aliphatic heterocycles. The van der Waals surface area contributed by atoms with Crippen LogP contribution in [0.3, 0.4) is 0 Å². The average Bonchev–Trinajstić information content (AvgIpc) is 2.95. The zero-order valence-corrected chi connectivity index (χ0v) is 13.5. The molecule has 116 valence electrons. The normalized spacial score (nSPS) is 38.7. The molecule has 2 saturated heterocycles. The summed E-state index contributed by atoms with van der Waals surface area (Å²) in [5.74, 6) is 1.51. The molecule has 4 atom stereocenters. The van der Waals surface area contributed by atoms with Crippen LogP contribution in [0, 0.1) is 11.8 Å². The Morgan fingerprint density at radius 2 is 2.24 bits per heavy atom. The van der Waals surface area contributed by atoms with Crippen LogP contribution in [0.4, 0.5) is 0 Å². The highest BCUT2D eigenvalue weighted by atomic mass is 32.2. The molecule has 1 amide bonds. The van der Waals surface area contributed by atoms with Gasteiger partial charge in [0.1, 0.15) is 6.04 Å². The zero-order valence-electron chi connectivity index (χ0n) is 12.7. The number of hydrogen-bond acceptors (Lipinski definition) is 4. The number of ether oxygens (including phenoxy) is 1. The van der Waals surface area contributed by atoms with Crippen molar-refractivity contribution in [1.82, 2.24) is 4.90 Å². The molecule has 3 aliphatic rings. The summed E-state index contributed by atoms with van der Waals surface area (Å²) in [6.07, 6.45) is 7.80. The fourth-order valence-corrected chi connectivity index (χ4v) is 4.94. The Hall–Kier alpha value is -0.970. The van der Waals surface area contributed by atoms with Crippen LogP contribution in [-0.2, 0) is 14.3 Å². The summed E-state index contributed by atoms with van der Waals surface area (Å²) < 4.78 is 5.56. The van der Waals surface area contributed by atoms with Gasteiger partial charge in [-0.05, 0) is 38.0 Å². The lowest BCUT2D eigenvalue weighted by Crippen LogP contribution is -2.47. The fourth-order valence-electron chi connectivity index (χ4n) is 3.52. The monoisotopic (exact) mass is 309 g/mol. The first kappa shape index (κ1) is 14.9. The number of amides is 1. The van der Waals surface area contributed by atoms with Gasteiger partial charge >= 0.3 is 5.97 Å². The Bertz CT molecular complexity index is 478. The van der Waals surface area contributed by atoms with E-state index < -0.39 is 0 Å². The minimum Gasteiger partial charge on any atom is -0.464 e. The predicted molar refractivity (Wildman–Crippen MR) is 82.7 cm³/mol. The maximum Gasteiger partial charge on any atom is 0.329 e. The molecule has 2 fully saturated rings. The second-order valence-electron chi connectivity index (χ2n) is 6.58. The molecule has 0 aromatic heterocycles. The van der Waals surface area contributed by atoms with Crippen molar-refractivity contribution < 1.29 is 14.3 Å². The Labute approximate surface area is 130 Å². The topological polar surface area (TPSA) is 46.6 Å². The molecule has 21 heavy (non-hydrogen) atoms. The first-order chi connectivity index (χ1) is 10.0. The smallest absolute Gasteiger partial charge is 0.329 e. The number of hydrogen-bond donors (Lipinski definition) is 0. The summed E-state index contributed by atoms with van der Waals surface area (Å²) in [5, 5.41) is 0. The second kappa shape index (κ2) is 5.67. The molecule has 4 nitrogen and oxygen atoms in total. The van der Waals surface area contributed by atoms with Crippen LogP contribution in [0.25, 0.3) is 0 Å². The van der Waals surface area contributed by atoms with Crippen molar-refractivity contribution in [3.8, 4) is 0 Å². The molecule has 0 saturated carbocycles. The number of allylic oxidation sites excluding steroid dienone is 2. The third-order valence-electron chi connectivity index (χ3n) is 5.07. The highest BCUT2D eigenvalue weighted by Gasteiger charge is 2.53. The quantitative estimate of drug-likeness (QED) is 0.594. The minimum absolute atomic E-state index is 0.0958. The van der Waals surface area contributed by atoms with Gasteiger partial charge in [0.2, 0.25) is 5.91 Å². The van der Waals surface area contributed by atoms with Crippen LogP contribution in [0.15, 0.2) is 12.2 Å². The average molecular weight is 309 g/mol. The van der Waals surface area contributed by atoms with Crippen molar-refractivity contribution in [1.29, 1.82) is 0 Å². The van der Waals surface area contributed by atoms with Crippen LogP contribution < -0.4 is 0 Å². The Kier molecular flexibility index (Phi) is 4.04. The highest BCUT2D eigenvalue weighted by Crippen LogP contribution is 2.47. The summed E-state index contributed by atoms with van der Waals surface area (Å²) in [7, 11) is 0. The van der Waals surface area contributed by atoms with Crippen molar-refractivity contribution in [2.45, 2.75) is 50.4 Å². The number of fused-ring (bicyclic) bond motifs is 1. The van der Waals surface area contributed by atoms with Gasteiger partial charge in [0.05, 0.1) is 11.5 Å². The largest absolute Gasteiger partial charge is 0.464 e. The second-order valence-corrected chi connectivity index (χ2v) is 8.08. The third kappa shape index (κ3) is 2.72. The maximum absolute atomic E-state index is 12.4. The van der Waals surface area contributed by atoms with Crippen LogP contribution in [0.2, 0.25) is 0 Å². The molecule has 0 radical (unpaired) electrons. The van der Waals surface area contributed by atoms with Crippen molar-refractivity contribution >= 4 is 23.6 Å². The number of carbonyl (C=O) groups is 2. The van der Waals surface area contributed by atoms with Gasteiger partial charge < -0.3 is 9.64 Å². The van der Waals surface area contributed by atoms with Crippen molar-refractivity contribution in [2.75, 3.05) is 12.4 Å². The molecule has 1 aliphatic carbocycles. The fraction of sp³-hybridized carbons (Fsp3) is 0.750. The summed E-state index contributed by atoms with van der Waals surface area (Å²) in [6.45, 7) is 4.74. The predicted octanol–water partition coefficient (Wildman–Crippen LogP) is 2.59. The van der Waals surface area contributed by atoms with Gasteiger partial charge in [-0.1, -0.05) is 19.1 Å². The zero-order chi connectivity index (χ0) is 15.0. The molecule has 3 rings (SSSR count). The number of thioether (sulfide) groups is 1. The van der Waals surface area contributed by atoms with E-state index in [0.717, 1.165) is 19.3 Å². The third-order valence-corrected chi connectivity index (χ3v) is 6.58. The maximum atomic E-state index is 12.4. The number of carbonyl (C=O) groups excluding carboxylic acids is 2. The van der Waals surface area contributed by atoms with E-state index in [1.54, 1.807) is 16.7 Å². The van der Waals surface area contributed by atoms with Crippen LogP contribution in [0.1, 0.15) is 39.5 Å². The van der Waals surface area contributed by atoms with Crippen molar-refractivity contribution in [3.05, 3.63) is 12.2 Å². The first-order valence-electron chi connectivity index (χ1n) is 7.79. The van der Waals surface area contributed by atoms with E-state index >= 15 is 0 Å². The number of esters is 1. The van der Waals surface area contributed by atoms with Gasteiger partial charge in [-0.2, -0.15) is 0 Å². The van der Waals surface area contributed by atoms with E-state index in [4.69, 9.17) is 4.74 Å². The molecule has 0 spiro atoms. The lowest BCUT2D eigenvalue weighted by Gasteiger charge is -2.30. The van der Waals surface area contributed by atoms with Crippen molar-refractivity contribution in [2.24, 2.45) is 11.8 Å². The van der Waals surface area contributed by atoms with E-state index in [1.807, 2.05) is 0 Å². The highest BCUT2D eigenvalue weighted by molar-refractivity contribution is 8.01. The molecule has 0 bridgehead atoms. The van der Waals surface area contributed by atoms with E-state index in [9.17, 15) is 9.59 Å². The van der Waals surface area contributed by atoms with Crippen LogP contribution in [-0.4, -0.2) is 40.0 Å². The Morgan fingerprint density at radius 1 is 1.48 bits per heavy atom. The SMILES string of the molecule is C[C@@H]1CC=CC[C@@H]1COC(=O)[C@H]1CS[C@]2(C)CCC(=O)N12. The van der Waals surface area contributed by atoms with Gasteiger partial charge in [0, 0.05) is 12.2 Å². The molecule has 0 aromatic rings. The molecule has 0 unspecified atom stereocenters. The molecular formula is C16H23NO3S. The van der Waals surface area contributed by atoms with E-state index in [2.05, 4.69) is 26.0 Å².